The predicted octanol–water partition coefficient (Wildman–Crippen LogP) is 1.64. The Morgan fingerprint density at radius 1 is 1.50 bits per heavy atom. The van der Waals surface area contributed by atoms with Gasteiger partial charge in [0.15, 0.2) is 9.84 Å². The molecule has 66 valence electrons. The molecule has 0 saturated heterocycles. The summed E-state index contributed by atoms with van der Waals surface area (Å²) in [6.07, 6.45) is 1.35. The third-order valence-electron chi connectivity index (χ3n) is 1.44. The molecule has 0 spiro atoms. The van der Waals surface area contributed by atoms with Crippen LogP contribution in [0, 0.1) is 0 Å². The van der Waals surface area contributed by atoms with Gasteiger partial charge in [-0.25, -0.2) is 13.4 Å². The number of hydrogen-bond donors (Lipinski definition) is 0. The first kappa shape index (κ1) is 9.67. The molecule has 1 heterocycles. The van der Waals surface area contributed by atoms with Crippen LogP contribution < -0.4 is 0 Å². The highest BCUT2D eigenvalue weighted by Gasteiger charge is 2.10. The van der Waals surface area contributed by atoms with Gasteiger partial charge in [-0.2, -0.15) is 0 Å². The number of halogens is 1. The van der Waals surface area contributed by atoms with Crippen LogP contribution in [-0.4, -0.2) is 19.2 Å². The SMILES string of the molecule is CCS(=O)(=O)c1ccc(Br)nc1. The molecule has 0 fully saturated rings. The fourth-order valence-corrected chi connectivity index (χ4v) is 1.77. The largest absolute Gasteiger partial charge is 0.248 e. The summed E-state index contributed by atoms with van der Waals surface area (Å²) in [6.45, 7) is 1.61. The second kappa shape index (κ2) is 3.53. The molecule has 0 aliphatic heterocycles. The van der Waals surface area contributed by atoms with Gasteiger partial charge in [-0.15, -0.1) is 0 Å². The van der Waals surface area contributed by atoms with Crippen molar-refractivity contribution < 1.29 is 8.42 Å². The molecule has 1 rings (SSSR count). The molecule has 0 saturated carbocycles. The molecule has 0 N–H and O–H groups in total. The Morgan fingerprint density at radius 3 is 2.58 bits per heavy atom. The third-order valence-corrected chi connectivity index (χ3v) is 3.63. The van der Waals surface area contributed by atoms with Gasteiger partial charge in [0, 0.05) is 6.20 Å². The lowest BCUT2D eigenvalue weighted by Gasteiger charge is -1.98. The van der Waals surface area contributed by atoms with E-state index in [4.69, 9.17) is 0 Å². The highest BCUT2D eigenvalue weighted by Crippen LogP contribution is 2.12. The van der Waals surface area contributed by atoms with Crippen LogP contribution in [0.1, 0.15) is 6.92 Å². The zero-order valence-electron chi connectivity index (χ0n) is 6.49. The number of nitrogens with zero attached hydrogens (tertiary/aromatic N) is 1. The van der Waals surface area contributed by atoms with E-state index in [1.807, 2.05) is 0 Å². The van der Waals surface area contributed by atoms with Gasteiger partial charge in [-0.05, 0) is 28.1 Å². The molecule has 0 unspecified atom stereocenters. The standard InChI is InChI=1S/C7H8BrNO2S/c1-2-12(10,11)6-3-4-7(8)9-5-6/h3-5H,2H2,1H3. The lowest BCUT2D eigenvalue weighted by Crippen LogP contribution is -2.03. The zero-order chi connectivity index (χ0) is 9.19. The van der Waals surface area contributed by atoms with Gasteiger partial charge in [0.2, 0.25) is 0 Å². The zero-order valence-corrected chi connectivity index (χ0v) is 8.89. The van der Waals surface area contributed by atoms with Crippen LogP contribution in [-0.2, 0) is 9.84 Å². The van der Waals surface area contributed by atoms with Crippen LogP contribution in [0.3, 0.4) is 0 Å². The van der Waals surface area contributed by atoms with Gasteiger partial charge in [-0.1, -0.05) is 6.92 Å². The number of hydrogen-bond acceptors (Lipinski definition) is 3. The molecule has 0 aliphatic carbocycles. The summed E-state index contributed by atoms with van der Waals surface area (Å²) in [4.78, 5) is 4.10. The molecule has 0 aromatic carbocycles. The average molecular weight is 250 g/mol. The summed E-state index contributed by atoms with van der Waals surface area (Å²) in [5, 5.41) is 0. The van der Waals surface area contributed by atoms with Gasteiger partial charge in [0.25, 0.3) is 0 Å². The maximum atomic E-state index is 11.3. The maximum absolute atomic E-state index is 11.3. The Kier molecular flexibility index (Phi) is 2.85. The quantitative estimate of drug-likeness (QED) is 0.749. The Hall–Kier alpha value is -0.420. The van der Waals surface area contributed by atoms with E-state index in [1.165, 1.54) is 12.3 Å². The summed E-state index contributed by atoms with van der Waals surface area (Å²) in [5.41, 5.74) is 0. The Morgan fingerprint density at radius 2 is 2.17 bits per heavy atom. The van der Waals surface area contributed by atoms with Gasteiger partial charge >= 0.3 is 0 Å². The van der Waals surface area contributed by atoms with Crippen molar-refractivity contribution >= 4 is 25.8 Å². The molecule has 3 nitrogen and oxygen atoms in total. The molecule has 0 aliphatic rings. The molecule has 0 radical (unpaired) electrons. The lowest BCUT2D eigenvalue weighted by atomic mass is 10.5. The van der Waals surface area contributed by atoms with Crippen molar-refractivity contribution in [3.05, 3.63) is 22.9 Å². The molecule has 0 atom stereocenters. The Bertz CT molecular complexity index is 357. The van der Waals surface area contributed by atoms with Crippen molar-refractivity contribution in [1.29, 1.82) is 0 Å². The topological polar surface area (TPSA) is 47.0 Å². The second-order valence-corrected chi connectivity index (χ2v) is 5.31. The molecular formula is C7H8BrNO2S. The van der Waals surface area contributed by atoms with E-state index < -0.39 is 9.84 Å². The number of rotatable bonds is 2. The van der Waals surface area contributed by atoms with Crippen molar-refractivity contribution in [1.82, 2.24) is 4.98 Å². The van der Waals surface area contributed by atoms with E-state index in [0.29, 0.717) is 4.60 Å². The number of aromatic nitrogens is 1. The number of sulfone groups is 1. The van der Waals surface area contributed by atoms with Gasteiger partial charge in [-0.3, -0.25) is 0 Å². The monoisotopic (exact) mass is 249 g/mol. The fourth-order valence-electron chi connectivity index (χ4n) is 0.713. The molecular weight excluding hydrogens is 242 g/mol. The van der Waals surface area contributed by atoms with Crippen LogP contribution in [0.25, 0.3) is 0 Å². The Labute approximate surface area is 79.9 Å². The molecule has 0 bridgehead atoms. The summed E-state index contributed by atoms with van der Waals surface area (Å²) in [6, 6.07) is 3.15. The van der Waals surface area contributed by atoms with Gasteiger partial charge < -0.3 is 0 Å². The minimum Gasteiger partial charge on any atom is -0.248 e. The highest BCUT2D eigenvalue weighted by atomic mass is 79.9. The van der Waals surface area contributed by atoms with E-state index in [0.717, 1.165) is 0 Å². The van der Waals surface area contributed by atoms with E-state index in [-0.39, 0.29) is 10.6 Å². The maximum Gasteiger partial charge on any atom is 0.179 e. The molecule has 5 heteroatoms. The third kappa shape index (κ3) is 2.04. The molecule has 1 aromatic rings. The number of pyridine rings is 1. The van der Waals surface area contributed by atoms with E-state index >= 15 is 0 Å². The van der Waals surface area contributed by atoms with E-state index in [2.05, 4.69) is 20.9 Å². The van der Waals surface area contributed by atoms with E-state index in [1.54, 1.807) is 13.0 Å². The van der Waals surface area contributed by atoms with Crippen LogP contribution in [0.5, 0.6) is 0 Å². The lowest BCUT2D eigenvalue weighted by molar-refractivity contribution is 0.597. The van der Waals surface area contributed by atoms with Crippen molar-refractivity contribution in [3.63, 3.8) is 0 Å². The van der Waals surface area contributed by atoms with Crippen LogP contribution in [0.4, 0.5) is 0 Å². The minimum atomic E-state index is -3.10. The van der Waals surface area contributed by atoms with Crippen molar-refractivity contribution in [2.45, 2.75) is 11.8 Å². The second-order valence-electron chi connectivity index (χ2n) is 2.22. The summed E-state index contributed by atoms with van der Waals surface area (Å²) in [5.74, 6) is 0.107. The first-order valence-electron chi connectivity index (χ1n) is 3.40. The van der Waals surface area contributed by atoms with Crippen molar-refractivity contribution in [2.24, 2.45) is 0 Å². The first-order chi connectivity index (χ1) is 5.56. The fraction of sp³-hybridized carbons (Fsp3) is 0.286. The van der Waals surface area contributed by atoms with E-state index in [9.17, 15) is 8.42 Å². The highest BCUT2D eigenvalue weighted by molar-refractivity contribution is 9.10. The predicted molar refractivity (Wildman–Crippen MR) is 49.7 cm³/mol. The summed E-state index contributed by atoms with van der Waals surface area (Å²) >= 11 is 3.13. The normalized spacial score (nSPS) is 11.5. The smallest absolute Gasteiger partial charge is 0.179 e. The molecule has 12 heavy (non-hydrogen) atoms. The van der Waals surface area contributed by atoms with Gasteiger partial charge in [0.1, 0.15) is 4.60 Å². The molecule has 1 aromatic heterocycles. The Balaban J connectivity index is 3.14. The first-order valence-corrected chi connectivity index (χ1v) is 5.85. The van der Waals surface area contributed by atoms with Gasteiger partial charge in [0.05, 0.1) is 10.6 Å². The minimum absolute atomic E-state index is 0.107. The summed E-state index contributed by atoms with van der Waals surface area (Å²) in [7, 11) is -3.10. The van der Waals surface area contributed by atoms with Crippen LogP contribution in [0.2, 0.25) is 0 Å². The van der Waals surface area contributed by atoms with Crippen LogP contribution >= 0.6 is 15.9 Å². The molecule has 0 amide bonds. The van der Waals surface area contributed by atoms with Crippen LogP contribution in [0.15, 0.2) is 27.8 Å². The average Bonchev–Trinajstić information content (AvgIpc) is 2.05. The van der Waals surface area contributed by atoms with Crippen molar-refractivity contribution in [2.75, 3.05) is 5.75 Å². The van der Waals surface area contributed by atoms with Crippen molar-refractivity contribution in [3.8, 4) is 0 Å². The summed E-state index contributed by atoms with van der Waals surface area (Å²) < 4.78 is 23.2.